The third kappa shape index (κ3) is 3.07. The van der Waals surface area contributed by atoms with E-state index in [-0.39, 0.29) is 17.0 Å². The molecule has 0 saturated carbocycles. The van der Waals surface area contributed by atoms with Crippen LogP contribution >= 0.6 is 0 Å². The van der Waals surface area contributed by atoms with E-state index in [0.717, 1.165) is 0 Å². The zero-order valence-electron chi connectivity index (χ0n) is 12.1. The van der Waals surface area contributed by atoms with Crippen LogP contribution in [-0.4, -0.2) is 17.5 Å². The monoisotopic (exact) mass is 331 g/mol. The molecule has 0 fully saturated rings. The van der Waals surface area contributed by atoms with E-state index in [4.69, 9.17) is 0 Å². The number of hydrogen-bond donors (Lipinski definition) is 1. The molecule has 2 aromatic heterocycles. The summed E-state index contributed by atoms with van der Waals surface area (Å²) in [5, 5.41) is 14.6. The second-order valence-corrected chi connectivity index (χ2v) is 4.76. The fourth-order valence-electron chi connectivity index (χ4n) is 2.24. The Morgan fingerprint density at radius 1 is 1.21 bits per heavy atom. The van der Waals surface area contributed by atoms with Gasteiger partial charge in [-0.05, 0) is 30.3 Å². The molecular weight excluding hydrogens is 320 g/mol. The van der Waals surface area contributed by atoms with Crippen LogP contribution < -0.4 is 14.8 Å². The number of rotatable bonds is 4. The number of carbonyl (C=O) groups excluding carboxylic acids is 1. The molecule has 0 aliphatic heterocycles. The third-order valence-corrected chi connectivity index (χ3v) is 3.25. The number of aromatic nitrogens is 2. The van der Waals surface area contributed by atoms with E-state index in [2.05, 4.69) is 15.0 Å². The molecule has 0 radical (unpaired) electrons. The number of carbonyl (C=O) groups is 1. The number of pyridine rings is 2. The van der Waals surface area contributed by atoms with Crippen LogP contribution in [0.1, 0.15) is 10.5 Å². The lowest BCUT2D eigenvalue weighted by molar-refractivity contribution is -0.607. The van der Waals surface area contributed by atoms with E-state index >= 15 is 0 Å². The summed E-state index contributed by atoms with van der Waals surface area (Å²) < 4.78 is 29.8. The minimum Gasteiger partial charge on any atom is -0.618 e. The molecular formula is C16H11F2N3O3. The molecule has 1 aromatic carbocycles. The van der Waals surface area contributed by atoms with Gasteiger partial charge in [-0.2, -0.15) is 13.5 Å². The van der Waals surface area contributed by atoms with Crippen molar-refractivity contribution in [1.29, 1.82) is 0 Å². The number of fused-ring (bicyclic) bond motifs is 1. The summed E-state index contributed by atoms with van der Waals surface area (Å²) >= 11 is 0. The molecule has 0 spiro atoms. The Balaban J connectivity index is 1.99. The van der Waals surface area contributed by atoms with Gasteiger partial charge in [-0.25, -0.2) is 0 Å². The number of hydrogen-bond acceptors (Lipinski definition) is 4. The van der Waals surface area contributed by atoms with Crippen molar-refractivity contribution < 1.29 is 23.0 Å². The average molecular weight is 331 g/mol. The van der Waals surface area contributed by atoms with E-state index in [1.54, 1.807) is 18.2 Å². The molecule has 8 heteroatoms. The number of ether oxygens (including phenoxy) is 1. The molecule has 0 bridgehead atoms. The van der Waals surface area contributed by atoms with E-state index in [9.17, 15) is 18.8 Å². The molecule has 3 rings (SSSR count). The second kappa shape index (κ2) is 6.45. The van der Waals surface area contributed by atoms with E-state index < -0.39 is 12.5 Å². The maximum absolute atomic E-state index is 12.5. The van der Waals surface area contributed by atoms with Gasteiger partial charge in [-0.3, -0.25) is 9.78 Å². The topological polar surface area (TPSA) is 78.2 Å². The van der Waals surface area contributed by atoms with Crippen molar-refractivity contribution in [3.63, 3.8) is 0 Å². The van der Waals surface area contributed by atoms with Gasteiger partial charge in [-0.15, -0.1) is 0 Å². The molecule has 0 atom stereocenters. The first-order chi connectivity index (χ1) is 11.6. The maximum atomic E-state index is 12.5. The highest BCUT2D eigenvalue weighted by molar-refractivity contribution is 6.07. The third-order valence-electron chi connectivity index (χ3n) is 3.25. The Kier molecular flexibility index (Phi) is 4.19. The number of anilines is 1. The zero-order chi connectivity index (χ0) is 17.1. The molecule has 2 heterocycles. The summed E-state index contributed by atoms with van der Waals surface area (Å²) in [7, 11) is 0. The van der Waals surface area contributed by atoms with Gasteiger partial charge < -0.3 is 15.3 Å². The second-order valence-electron chi connectivity index (χ2n) is 4.76. The van der Waals surface area contributed by atoms with Gasteiger partial charge in [0.2, 0.25) is 0 Å². The standard InChI is InChI=1S/C16H11F2N3O3/c17-16(18)24-13-7-6-11(10-4-3-8-19-14(10)13)20-15(22)12-5-1-2-9-21(12)23/h1-9,16H,(H,20,22). The summed E-state index contributed by atoms with van der Waals surface area (Å²) in [5.41, 5.74) is 0.412. The maximum Gasteiger partial charge on any atom is 0.387 e. The Bertz CT molecular complexity index is 903. The molecule has 6 nitrogen and oxygen atoms in total. The molecule has 1 amide bonds. The first kappa shape index (κ1) is 15.6. The molecule has 122 valence electrons. The molecule has 3 aromatic rings. The fourth-order valence-corrected chi connectivity index (χ4v) is 2.24. The Morgan fingerprint density at radius 2 is 2.04 bits per heavy atom. The van der Waals surface area contributed by atoms with Crippen LogP contribution in [0.15, 0.2) is 54.9 Å². The van der Waals surface area contributed by atoms with Crippen molar-refractivity contribution in [2.45, 2.75) is 6.61 Å². The molecule has 0 aliphatic rings. The molecule has 1 N–H and O–H groups in total. The highest BCUT2D eigenvalue weighted by Gasteiger charge is 2.18. The number of halogens is 2. The normalized spacial score (nSPS) is 10.8. The number of alkyl halides is 2. The Morgan fingerprint density at radius 3 is 2.79 bits per heavy atom. The van der Waals surface area contributed by atoms with Crippen molar-refractivity contribution in [1.82, 2.24) is 4.98 Å². The zero-order valence-corrected chi connectivity index (χ0v) is 12.1. The van der Waals surface area contributed by atoms with Crippen molar-refractivity contribution in [3.05, 3.63) is 65.8 Å². The van der Waals surface area contributed by atoms with Crippen molar-refractivity contribution in [3.8, 4) is 5.75 Å². The van der Waals surface area contributed by atoms with Crippen LogP contribution in [0.5, 0.6) is 5.75 Å². The smallest absolute Gasteiger partial charge is 0.387 e. The predicted molar refractivity (Wildman–Crippen MR) is 81.7 cm³/mol. The summed E-state index contributed by atoms with van der Waals surface area (Å²) in [5.74, 6) is -0.726. The largest absolute Gasteiger partial charge is 0.618 e. The summed E-state index contributed by atoms with van der Waals surface area (Å²) in [4.78, 5) is 16.3. The SMILES string of the molecule is O=C(Nc1ccc(OC(F)F)c2ncccc12)c1cccc[n+]1[O-]. The number of nitrogens with zero attached hydrogens (tertiary/aromatic N) is 2. The van der Waals surface area contributed by atoms with Crippen LogP contribution in [0, 0.1) is 5.21 Å². The quantitative estimate of drug-likeness (QED) is 0.589. The molecule has 0 saturated heterocycles. The van der Waals surface area contributed by atoms with Crippen LogP contribution in [0.3, 0.4) is 0 Å². The average Bonchev–Trinajstić information content (AvgIpc) is 2.57. The van der Waals surface area contributed by atoms with Gasteiger partial charge in [0.15, 0.2) is 11.9 Å². The van der Waals surface area contributed by atoms with Crippen LogP contribution in [0.25, 0.3) is 10.9 Å². The van der Waals surface area contributed by atoms with Gasteiger partial charge in [0.05, 0.1) is 5.69 Å². The minimum absolute atomic E-state index is 0.0950. The van der Waals surface area contributed by atoms with Gasteiger partial charge >= 0.3 is 12.5 Å². The van der Waals surface area contributed by atoms with E-state index in [0.29, 0.717) is 15.8 Å². The number of benzene rings is 1. The highest BCUT2D eigenvalue weighted by atomic mass is 19.3. The predicted octanol–water partition coefficient (Wildman–Crippen LogP) is 2.72. The van der Waals surface area contributed by atoms with Crippen LogP contribution in [-0.2, 0) is 0 Å². The lowest BCUT2D eigenvalue weighted by atomic mass is 10.1. The van der Waals surface area contributed by atoms with Gasteiger partial charge in [-0.1, -0.05) is 0 Å². The van der Waals surface area contributed by atoms with Gasteiger partial charge in [0, 0.05) is 23.7 Å². The Labute approximate surface area is 134 Å². The van der Waals surface area contributed by atoms with Gasteiger partial charge in [0.1, 0.15) is 5.52 Å². The Hall–Kier alpha value is -3.29. The summed E-state index contributed by atoms with van der Waals surface area (Å²) in [6.45, 7) is -2.99. The first-order valence-corrected chi connectivity index (χ1v) is 6.88. The van der Waals surface area contributed by atoms with Crippen molar-refractivity contribution in [2.75, 3.05) is 5.32 Å². The molecule has 24 heavy (non-hydrogen) atoms. The van der Waals surface area contributed by atoms with Crippen molar-refractivity contribution in [2.24, 2.45) is 0 Å². The van der Waals surface area contributed by atoms with E-state index in [1.165, 1.54) is 36.7 Å². The fraction of sp³-hybridized carbons (Fsp3) is 0.0625. The summed E-state index contributed by atoms with van der Waals surface area (Å²) in [6.07, 6.45) is 2.63. The lowest BCUT2D eigenvalue weighted by Crippen LogP contribution is -2.36. The molecule has 0 aliphatic carbocycles. The van der Waals surface area contributed by atoms with E-state index in [1.807, 2.05) is 0 Å². The van der Waals surface area contributed by atoms with Gasteiger partial charge in [0.25, 0.3) is 5.69 Å². The number of nitrogens with one attached hydrogen (secondary N) is 1. The van der Waals surface area contributed by atoms with Crippen LogP contribution in [0.4, 0.5) is 14.5 Å². The number of amides is 1. The minimum atomic E-state index is -2.99. The first-order valence-electron chi connectivity index (χ1n) is 6.88. The van der Waals surface area contributed by atoms with Crippen molar-refractivity contribution >= 4 is 22.5 Å². The van der Waals surface area contributed by atoms with Crippen LogP contribution in [0.2, 0.25) is 0 Å². The highest BCUT2D eigenvalue weighted by Crippen LogP contribution is 2.31. The lowest BCUT2D eigenvalue weighted by Gasteiger charge is -2.12. The summed E-state index contributed by atoms with van der Waals surface area (Å²) in [6, 6.07) is 10.3. The molecule has 0 unspecified atom stereocenters.